The first kappa shape index (κ1) is 13.9. The van der Waals surface area contributed by atoms with Gasteiger partial charge in [-0.1, -0.05) is 0 Å². The van der Waals surface area contributed by atoms with Crippen molar-refractivity contribution >= 4 is 17.5 Å². The van der Waals surface area contributed by atoms with Crippen LogP contribution in [0.15, 0.2) is 18.2 Å². The monoisotopic (exact) mass is 292 g/mol. The van der Waals surface area contributed by atoms with Crippen LogP contribution in [0.5, 0.6) is 5.75 Å². The highest BCUT2D eigenvalue weighted by Gasteiger charge is 2.46. The van der Waals surface area contributed by atoms with Crippen LogP contribution >= 0.6 is 0 Å². The SMILES string of the molecule is COc1ccc(F)c(N2C(=O)C(C3CC3)NC(=O)C2C)c1. The Bertz CT molecular complexity index is 601. The number of anilines is 1. The van der Waals surface area contributed by atoms with Gasteiger partial charge in [0.05, 0.1) is 12.8 Å². The van der Waals surface area contributed by atoms with Crippen molar-refractivity contribution in [1.82, 2.24) is 5.32 Å². The summed E-state index contributed by atoms with van der Waals surface area (Å²) in [7, 11) is 1.47. The Morgan fingerprint density at radius 1 is 1.33 bits per heavy atom. The van der Waals surface area contributed by atoms with Gasteiger partial charge >= 0.3 is 0 Å². The molecule has 6 heteroatoms. The molecule has 2 fully saturated rings. The van der Waals surface area contributed by atoms with Crippen molar-refractivity contribution in [1.29, 1.82) is 0 Å². The number of piperazine rings is 1. The zero-order chi connectivity index (χ0) is 15.1. The third-order valence-electron chi connectivity index (χ3n) is 4.07. The summed E-state index contributed by atoms with van der Waals surface area (Å²) in [6, 6.07) is 2.89. The Labute approximate surface area is 122 Å². The molecule has 0 bridgehead atoms. The van der Waals surface area contributed by atoms with E-state index in [0.717, 1.165) is 12.8 Å². The smallest absolute Gasteiger partial charge is 0.250 e. The number of rotatable bonds is 3. The second-order valence-electron chi connectivity index (χ2n) is 5.53. The zero-order valence-electron chi connectivity index (χ0n) is 11.9. The van der Waals surface area contributed by atoms with E-state index < -0.39 is 17.9 Å². The summed E-state index contributed by atoms with van der Waals surface area (Å²) in [5.41, 5.74) is 0.0901. The molecule has 112 valence electrons. The minimum absolute atomic E-state index is 0.0901. The zero-order valence-corrected chi connectivity index (χ0v) is 11.9. The first-order valence-corrected chi connectivity index (χ1v) is 7.00. The molecule has 5 nitrogen and oxygen atoms in total. The number of halogens is 1. The van der Waals surface area contributed by atoms with E-state index in [2.05, 4.69) is 5.32 Å². The Kier molecular flexibility index (Phi) is 3.31. The van der Waals surface area contributed by atoms with E-state index in [4.69, 9.17) is 4.74 Å². The van der Waals surface area contributed by atoms with Crippen LogP contribution in [-0.2, 0) is 9.59 Å². The average molecular weight is 292 g/mol. The molecule has 0 radical (unpaired) electrons. The van der Waals surface area contributed by atoms with Gasteiger partial charge in [-0.25, -0.2) is 4.39 Å². The van der Waals surface area contributed by atoms with E-state index in [9.17, 15) is 14.0 Å². The predicted molar refractivity (Wildman–Crippen MR) is 74.6 cm³/mol. The topological polar surface area (TPSA) is 58.6 Å². The number of nitrogens with zero attached hydrogens (tertiary/aromatic N) is 1. The Morgan fingerprint density at radius 2 is 2.05 bits per heavy atom. The maximum Gasteiger partial charge on any atom is 0.250 e. The largest absolute Gasteiger partial charge is 0.497 e. The summed E-state index contributed by atoms with van der Waals surface area (Å²) >= 11 is 0. The molecule has 1 aliphatic carbocycles. The lowest BCUT2D eigenvalue weighted by Crippen LogP contribution is -2.63. The van der Waals surface area contributed by atoms with Gasteiger partial charge in [0.2, 0.25) is 5.91 Å². The highest BCUT2D eigenvalue weighted by atomic mass is 19.1. The van der Waals surface area contributed by atoms with Gasteiger partial charge in [0.15, 0.2) is 0 Å². The molecule has 1 aromatic rings. The maximum absolute atomic E-state index is 14.1. The van der Waals surface area contributed by atoms with E-state index in [1.807, 2.05) is 0 Å². The number of ether oxygens (including phenoxy) is 1. The molecule has 1 aromatic carbocycles. The minimum atomic E-state index is -0.742. The summed E-state index contributed by atoms with van der Waals surface area (Å²) in [5.74, 6) is -0.434. The number of amides is 2. The lowest BCUT2D eigenvalue weighted by Gasteiger charge is -2.37. The third kappa shape index (κ3) is 2.34. The maximum atomic E-state index is 14.1. The molecule has 1 heterocycles. The molecule has 1 N–H and O–H groups in total. The van der Waals surface area contributed by atoms with E-state index >= 15 is 0 Å². The second-order valence-corrected chi connectivity index (χ2v) is 5.53. The van der Waals surface area contributed by atoms with Crippen LogP contribution in [0.3, 0.4) is 0 Å². The van der Waals surface area contributed by atoms with Crippen molar-refractivity contribution in [3.63, 3.8) is 0 Å². The molecular formula is C15H17FN2O3. The number of methoxy groups -OCH3 is 1. The molecule has 2 amide bonds. The van der Waals surface area contributed by atoms with Crippen LogP contribution in [0.2, 0.25) is 0 Å². The molecule has 0 spiro atoms. The van der Waals surface area contributed by atoms with E-state index in [1.165, 1.54) is 30.2 Å². The fourth-order valence-corrected chi connectivity index (χ4v) is 2.67. The fourth-order valence-electron chi connectivity index (χ4n) is 2.67. The van der Waals surface area contributed by atoms with Crippen LogP contribution < -0.4 is 15.0 Å². The number of benzene rings is 1. The van der Waals surface area contributed by atoms with Gasteiger partial charge < -0.3 is 10.1 Å². The van der Waals surface area contributed by atoms with E-state index in [-0.39, 0.29) is 23.4 Å². The molecule has 2 unspecified atom stereocenters. The van der Waals surface area contributed by atoms with Crippen LogP contribution in [0.4, 0.5) is 10.1 Å². The third-order valence-corrected chi connectivity index (χ3v) is 4.07. The van der Waals surface area contributed by atoms with Crippen molar-refractivity contribution < 1.29 is 18.7 Å². The molecule has 3 rings (SSSR count). The number of nitrogens with one attached hydrogen (secondary N) is 1. The molecule has 1 saturated carbocycles. The van der Waals surface area contributed by atoms with Crippen LogP contribution in [-0.4, -0.2) is 31.0 Å². The predicted octanol–water partition coefficient (Wildman–Crippen LogP) is 1.46. The van der Waals surface area contributed by atoms with Gasteiger partial charge in [-0.15, -0.1) is 0 Å². The van der Waals surface area contributed by atoms with Crippen molar-refractivity contribution in [3.8, 4) is 5.75 Å². The summed E-state index contributed by atoms with van der Waals surface area (Å²) < 4.78 is 19.2. The summed E-state index contributed by atoms with van der Waals surface area (Å²) in [5, 5.41) is 2.74. The molecule has 1 saturated heterocycles. The average Bonchev–Trinajstić information content (AvgIpc) is 3.29. The highest BCUT2D eigenvalue weighted by Crippen LogP contribution is 2.37. The lowest BCUT2D eigenvalue weighted by molar-refractivity contribution is -0.134. The number of hydrogen-bond donors (Lipinski definition) is 1. The van der Waals surface area contributed by atoms with Crippen molar-refractivity contribution in [2.75, 3.05) is 12.0 Å². The molecule has 21 heavy (non-hydrogen) atoms. The quantitative estimate of drug-likeness (QED) is 0.917. The van der Waals surface area contributed by atoms with Crippen LogP contribution in [0.25, 0.3) is 0 Å². The molecule has 2 aliphatic rings. The van der Waals surface area contributed by atoms with Gasteiger partial charge in [-0.3, -0.25) is 14.5 Å². The molecular weight excluding hydrogens is 275 g/mol. The molecule has 1 aliphatic heterocycles. The van der Waals surface area contributed by atoms with Crippen molar-refractivity contribution in [2.24, 2.45) is 5.92 Å². The Hall–Kier alpha value is -2.11. The number of carbonyl (C=O) groups excluding carboxylic acids is 2. The van der Waals surface area contributed by atoms with Crippen molar-refractivity contribution in [3.05, 3.63) is 24.0 Å². The lowest BCUT2D eigenvalue weighted by atomic mass is 10.0. The number of hydrogen-bond acceptors (Lipinski definition) is 3. The van der Waals surface area contributed by atoms with Gasteiger partial charge in [0, 0.05) is 6.07 Å². The van der Waals surface area contributed by atoms with Crippen LogP contribution in [0.1, 0.15) is 19.8 Å². The number of carbonyl (C=O) groups is 2. The second kappa shape index (κ2) is 5.02. The van der Waals surface area contributed by atoms with Gasteiger partial charge in [-0.2, -0.15) is 0 Å². The first-order chi connectivity index (χ1) is 10.0. The summed E-state index contributed by atoms with van der Waals surface area (Å²) in [6.45, 7) is 1.59. The van der Waals surface area contributed by atoms with Gasteiger partial charge in [0.1, 0.15) is 23.7 Å². The van der Waals surface area contributed by atoms with Crippen molar-refractivity contribution in [2.45, 2.75) is 31.8 Å². The van der Waals surface area contributed by atoms with Crippen LogP contribution in [0, 0.1) is 11.7 Å². The Morgan fingerprint density at radius 3 is 2.67 bits per heavy atom. The summed E-state index contributed by atoms with van der Waals surface area (Å²) in [4.78, 5) is 25.9. The minimum Gasteiger partial charge on any atom is -0.497 e. The molecule has 2 atom stereocenters. The fraction of sp³-hybridized carbons (Fsp3) is 0.467. The van der Waals surface area contributed by atoms with Gasteiger partial charge in [0.25, 0.3) is 5.91 Å². The Balaban J connectivity index is 2.01. The summed E-state index contributed by atoms with van der Waals surface area (Å²) in [6.07, 6.45) is 1.83. The normalized spacial score (nSPS) is 25.8. The first-order valence-electron chi connectivity index (χ1n) is 7.00. The van der Waals surface area contributed by atoms with E-state index in [1.54, 1.807) is 6.92 Å². The standard InChI is InChI=1S/C15H17FN2O3/c1-8-14(19)17-13(9-3-4-9)15(20)18(8)12-7-10(21-2)5-6-11(12)16/h5-9,13H,3-4H2,1-2H3,(H,17,19). The van der Waals surface area contributed by atoms with Gasteiger partial charge in [-0.05, 0) is 37.8 Å². The van der Waals surface area contributed by atoms with E-state index in [0.29, 0.717) is 5.75 Å². The molecule has 0 aromatic heterocycles. The highest BCUT2D eigenvalue weighted by molar-refractivity contribution is 6.08.